The third kappa shape index (κ3) is 4.94. The summed E-state index contributed by atoms with van der Waals surface area (Å²) in [6, 6.07) is 11.1. The fourth-order valence-corrected chi connectivity index (χ4v) is 2.21. The van der Waals surface area contributed by atoms with E-state index in [9.17, 15) is 14.3 Å². The van der Waals surface area contributed by atoms with Gasteiger partial charge in [0.1, 0.15) is 0 Å². The van der Waals surface area contributed by atoms with Crippen LogP contribution in [0.3, 0.4) is 0 Å². The quantitative estimate of drug-likeness (QED) is 0.852. The lowest BCUT2D eigenvalue weighted by Crippen LogP contribution is -2.29. The van der Waals surface area contributed by atoms with Crippen molar-refractivity contribution in [2.45, 2.75) is 12.5 Å². The number of aliphatic hydroxyl groups is 1. The zero-order chi connectivity index (χ0) is 16.8. The molecule has 0 saturated heterocycles. The number of halogens is 2. The highest BCUT2D eigenvalue weighted by Crippen LogP contribution is 2.18. The first-order valence-electron chi connectivity index (χ1n) is 7.02. The van der Waals surface area contributed by atoms with E-state index in [1.165, 1.54) is 19.2 Å². The molecular formula is C17H17ClFNO3. The molecule has 0 fully saturated rings. The van der Waals surface area contributed by atoms with Gasteiger partial charge in [-0.05, 0) is 35.4 Å². The highest BCUT2D eigenvalue weighted by atomic mass is 35.5. The Hall–Kier alpha value is -2.11. The maximum absolute atomic E-state index is 13.6. The number of benzene rings is 2. The average Bonchev–Trinajstić information content (AvgIpc) is 2.53. The van der Waals surface area contributed by atoms with Crippen LogP contribution in [0, 0.1) is 5.82 Å². The molecule has 0 aliphatic carbocycles. The molecule has 1 unspecified atom stereocenters. The first-order chi connectivity index (χ1) is 11.0. The molecule has 0 bridgehead atoms. The number of carbonyl (C=O) groups excluding carboxylic acids is 1. The highest BCUT2D eigenvalue weighted by Gasteiger charge is 2.11. The Kier molecular flexibility index (Phi) is 5.96. The smallest absolute Gasteiger partial charge is 0.224 e. The Morgan fingerprint density at radius 2 is 2.00 bits per heavy atom. The predicted octanol–water partition coefficient (Wildman–Crippen LogP) is 2.88. The summed E-state index contributed by atoms with van der Waals surface area (Å²) in [5.74, 6) is -0.686. The van der Waals surface area contributed by atoms with Gasteiger partial charge >= 0.3 is 0 Å². The Balaban J connectivity index is 1.87. The standard InChI is InChI=1S/C17H17ClFNO3/c1-23-16-7-2-11(8-14(16)19)9-17(22)20-10-15(21)12-3-5-13(18)6-4-12/h2-8,15,21H,9-10H2,1H3,(H,20,22). The van der Waals surface area contributed by atoms with Gasteiger partial charge in [-0.3, -0.25) is 4.79 Å². The van der Waals surface area contributed by atoms with Crippen LogP contribution in [0.5, 0.6) is 5.75 Å². The molecule has 0 saturated carbocycles. The fraction of sp³-hybridized carbons (Fsp3) is 0.235. The molecule has 0 aliphatic heterocycles. The van der Waals surface area contributed by atoms with Gasteiger partial charge in [-0.25, -0.2) is 4.39 Å². The minimum absolute atomic E-state index is 0.0221. The van der Waals surface area contributed by atoms with E-state index in [-0.39, 0.29) is 24.6 Å². The zero-order valence-electron chi connectivity index (χ0n) is 12.6. The molecule has 23 heavy (non-hydrogen) atoms. The van der Waals surface area contributed by atoms with Crippen LogP contribution in [0.1, 0.15) is 17.2 Å². The highest BCUT2D eigenvalue weighted by molar-refractivity contribution is 6.30. The minimum atomic E-state index is -0.830. The van der Waals surface area contributed by atoms with Crippen LogP contribution in [0.2, 0.25) is 5.02 Å². The Morgan fingerprint density at radius 1 is 1.30 bits per heavy atom. The third-order valence-corrected chi connectivity index (χ3v) is 3.58. The van der Waals surface area contributed by atoms with Crippen LogP contribution >= 0.6 is 11.6 Å². The van der Waals surface area contributed by atoms with Gasteiger partial charge in [-0.2, -0.15) is 0 Å². The second kappa shape index (κ2) is 7.94. The van der Waals surface area contributed by atoms with Gasteiger partial charge in [-0.1, -0.05) is 29.8 Å². The van der Waals surface area contributed by atoms with Gasteiger partial charge in [0, 0.05) is 11.6 Å². The van der Waals surface area contributed by atoms with Gasteiger partial charge in [0.2, 0.25) is 5.91 Å². The molecule has 6 heteroatoms. The van der Waals surface area contributed by atoms with Gasteiger partial charge in [0.25, 0.3) is 0 Å². The molecular weight excluding hydrogens is 321 g/mol. The lowest BCUT2D eigenvalue weighted by molar-refractivity contribution is -0.120. The van der Waals surface area contributed by atoms with Crippen molar-refractivity contribution in [2.24, 2.45) is 0 Å². The predicted molar refractivity (Wildman–Crippen MR) is 86.1 cm³/mol. The molecule has 1 amide bonds. The molecule has 2 rings (SSSR count). The summed E-state index contributed by atoms with van der Waals surface area (Å²) in [5.41, 5.74) is 1.19. The van der Waals surface area contributed by atoms with Gasteiger partial charge in [0.15, 0.2) is 11.6 Å². The zero-order valence-corrected chi connectivity index (χ0v) is 13.3. The number of aliphatic hydroxyl groups excluding tert-OH is 1. The number of ether oxygens (including phenoxy) is 1. The van der Waals surface area contributed by atoms with Crippen LogP contribution in [0.4, 0.5) is 4.39 Å². The molecule has 0 spiro atoms. The van der Waals surface area contributed by atoms with E-state index in [0.717, 1.165) is 0 Å². The lowest BCUT2D eigenvalue weighted by atomic mass is 10.1. The number of rotatable bonds is 6. The third-order valence-electron chi connectivity index (χ3n) is 3.33. The Morgan fingerprint density at radius 3 is 2.61 bits per heavy atom. The Labute approximate surface area is 138 Å². The summed E-state index contributed by atoms with van der Waals surface area (Å²) < 4.78 is 18.4. The van der Waals surface area contributed by atoms with E-state index in [4.69, 9.17) is 16.3 Å². The molecule has 2 N–H and O–H groups in total. The second-order valence-corrected chi connectivity index (χ2v) is 5.45. The Bertz CT molecular complexity index is 676. The number of methoxy groups -OCH3 is 1. The van der Waals surface area contributed by atoms with Crippen molar-refractivity contribution in [3.63, 3.8) is 0 Å². The molecule has 0 aliphatic rings. The van der Waals surface area contributed by atoms with Crippen molar-refractivity contribution >= 4 is 17.5 Å². The molecule has 0 heterocycles. The van der Waals surface area contributed by atoms with Crippen LogP contribution in [0.15, 0.2) is 42.5 Å². The second-order valence-electron chi connectivity index (χ2n) is 5.02. The van der Waals surface area contributed by atoms with E-state index >= 15 is 0 Å². The van der Waals surface area contributed by atoms with Crippen LogP contribution < -0.4 is 10.1 Å². The summed E-state index contributed by atoms with van der Waals surface area (Å²) >= 11 is 5.78. The van der Waals surface area contributed by atoms with Crippen molar-refractivity contribution in [3.8, 4) is 5.75 Å². The molecule has 122 valence electrons. The van der Waals surface area contributed by atoms with Crippen LogP contribution in [-0.2, 0) is 11.2 Å². The SMILES string of the molecule is COc1ccc(CC(=O)NCC(O)c2ccc(Cl)cc2)cc1F. The van der Waals surface area contributed by atoms with Crippen molar-refractivity contribution in [2.75, 3.05) is 13.7 Å². The summed E-state index contributed by atoms with van der Waals surface area (Å²) in [4.78, 5) is 11.9. The van der Waals surface area contributed by atoms with Crippen molar-refractivity contribution in [3.05, 3.63) is 64.4 Å². The summed E-state index contributed by atoms with van der Waals surface area (Å²) in [6.07, 6.45) is -0.808. The normalized spacial score (nSPS) is 11.8. The van der Waals surface area contributed by atoms with Crippen molar-refractivity contribution < 1.29 is 19.0 Å². The van der Waals surface area contributed by atoms with E-state index in [1.54, 1.807) is 30.3 Å². The largest absolute Gasteiger partial charge is 0.494 e. The van der Waals surface area contributed by atoms with Crippen LogP contribution in [0.25, 0.3) is 0 Å². The molecule has 0 aromatic heterocycles. The average molecular weight is 338 g/mol. The van der Waals surface area contributed by atoms with E-state index in [2.05, 4.69) is 5.32 Å². The number of hydrogen-bond acceptors (Lipinski definition) is 3. The molecule has 2 aromatic rings. The maximum Gasteiger partial charge on any atom is 0.224 e. The van der Waals surface area contributed by atoms with Crippen LogP contribution in [-0.4, -0.2) is 24.7 Å². The summed E-state index contributed by atoms with van der Waals surface area (Å²) in [6.45, 7) is 0.0686. The molecule has 1 atom stereocenters. The number of carbonyl (C=O) groups is 1. The molecule has 4 nitrogen and oxygen atoms in total. The summed E-state index contributed by atoms with van der Waals surface area (Å²) in [7, 11) is 1.38. The summed E-state index contributed by atoms with van der Waals surface area (Å²) in [5, 5.41) is 13.2. The van der Waals surface area contributed by atoms with E-state index in [1.807, 2.05) is 0 Å². The van der Waals surface area contributed by atoms with Crippen molar-refractivity contribution in [1.82, 2.24) is 5.32 Å². The van der Waals surface area contributed by atoms with Gasteiger partial charge in [0.05, 0.1) is 19.6 Å². The lowest BCUT2D eigenvalue weighted by Gasteiger charge is -2.12. The number of amides is 1. The monoisotopic (exact) mass is 337 g/mol. The molecule has 0 radical (unpaired) electrons. The first-order valence-corrected chi connectivity index (χ1v) is 7.40. The van der Waals surface area contributed by atoms with Gasteiger partial charge < -0.3 is 15.2 Å². The fourth-order valence-electron chi connectivity index (χ4n) is 2.08. The van der Waals surface area contributed by atoms with E-state index in [0.29, 0.717) is 16.1 Å². The maximum atomic E-state index is 13.6. The topological polar surface area (TPSA) is 58.6 Å². The number of nitrogens with one attached hydrogen (secondary N) is 1. The minimum Gasteiger partial charge on any atom is -0.494 e. The number of hydrogen-bond donors (Lipinski definition) is 2. The first kappa shape index (κ1) is 17.2. The van der Waals surface area contributed by atoms with Gasteiger partial charge in [-0.15, -0.1) is 0 Å². The van der Waals surface area contributed by atoms with E-state index < -0.39 is 11.9 Å². The van der Waals surface area contributed by atoms with Crippen molar-refractivity contribution in [1.29, 1.82) is 0 Å². The molecule has 2 aromatic carbocycles.